The van der Waals surface area contributed by atoms with Crippen LogP contribution in [0, 0.1) is 0 Å². The molecule has 1 saturated carbocycles. The molecule has 3 heteroatoms. The summed E-state index contributed by atoms with van der Waals surface area (Å²) in [6.07, 6.45) is 3.97. The summed E-state index contributed by atoms with van der Waals surface area (Å²) in [5.74, 6) is 0. The van der Waals surface area contributed by atoms with Crippen LogP contribution in [0.5, 0.6) is 0 Å². The van der Waals surface area contributed by atoms with Gasteiger partial charge in [-0.05, 0) is 53.4 Å². The minimum atomic E-state index is 0.686. The maximum Gasteiger partial charge on any atom is 0.0498 e. The second-order valence-corrected chi connectivity index (χ2v) is 5.17. The molecule has 1 aliphatic carbocycles. The molecule has 0 aliphatic heterocycles. The van der Waals surface area contributed by atoms with Crippen molar-refractivity contribution in [3.63, 3.8) is 0 Å². The smallest absolute Gasteiger partial charge is 0.0498 e. The minimum Gasteiger partial charge on any atom is -0.381 e. The van der Waals surface area contributed by atoms with Crippen LogP contribution in [0.2, 0.25) is 0 Å². The first-order valence-corrected chi connectivity index (χ1v) is 6.06. The average Bonchev–Trinajstić information content (AvgIpc) is 2.03. The zero-order valence-corrected chi connectivity index (χ0v) is 10.4. The molecule has 1 aromatic rings. The lowest BCUT2D eigenvalue weighted by Gasteiger charge is -2.28. The standard InChI is InChI=1S/C10H11Br2N/c11-7-4-5-9(12)10(6-7)13-8-2-1-3-8/h4-6,8,13H,1-3H2. The fraction of sp³-hybridized carbons (Fsp3) is 0.400. The lowest BCUT2D eigenvalue weighted by molar-refractivity contribution is 0.445. The van der Waals surface area contributed by atoms with Crippen molar-refractivity contribution >= 4 is 37.5 Å². The Labute approximate surface area is 95.2 Å². The van der Waals surface area contributed by atoms with E-state index >= 15 is 0 Å². The molecular formula is C10H11Br2N. The number of rotatable bonds is 2. The van der Waals surface area contributed by atoms with E-state index < -0.39 is 0 Å². The van der Waals surface area contributed by atoms with Gasteiger partial charge in [-0.1, -0.05) is 15.9 Å². The molecule has 0 saturated heterocycles. The highest BCUT2D eigenvalue weighted by Gasteiger charge is 2.17. The van der Waals surface area contributed by atoms with Crippen LogP contribution in [0.4, 0.5) is 5.69 Å². The Balaban J connectivity index is 2.13. The molecule has 1 nitrogen and oxygen atoms in total. The lowest BCUT2D eigenvalue weighted by atomic mass is 9.93. The molecule has 0 aromatic heterocycles. The van der Waals surface area contributed by atoms with Gasteiger partial charge in [0.2, 0.25) is 0 Å². The molecule has 70 valence electrons. The molecule has 1 N–H and O–H groups in total. The molecule has 0 atom stereocenters. The highest BCUT2D eigenvalue weighted by molar-refractivity contribution is 9.11. The quantitative estimate of drug-likeness (QED) is 0.864. The first kappa shape index (κ1) is 9.53. The van der Waals surface area contributed by atoms with Gasteiger partial charge >= 0.3 is 0 Å². The molecule has 1 fully saturated rings. The summed E-state index contributed by atoms with van der Waals surface area (Å²) in [7, 11) is 0. The molecule has 0 amide bonds. The third-order valence-electron chi connectivity index (χ3n) is 2.39. The number of nitrogens with one attached hydrogen (secondary N) is 1. The van der Waals surface area contributed by atoms with E-state index in [9.17, 15) is 0 Å². The zero-order chi connectivity index (χ0) is 9.26. The van der Waals surface area contributed by atoms with Crippen LogP contribution >= 0.6 is 31.9 Å². The predicted molar refractivity (Wildman–Crippen MR) is 63.1 cm³/mol. The van der Waals surface area contributed by atoms with E-state index in [2.05, 4.69) is 49.3 Å². The first-order chi connectivity index (χ1) is 6.25. The highest BCUT2D eigenvalue weighted by Crippen LogP contribution is 2.30. The van der Waals surface area contributed by atoms with Crippen LogP contribution in [-0.2, 0) is 0 Å². The monoisotopic (exact) mass is 303 g/mol. The zero-order valence-electron chi connectivity index (χ0n) is 7.19. The van der Waals surface area contributed by atoms with E-state index in [0.717, 1.165) is 8.95 Å². The summed E-state index contributed by atoms with van der Waals surface area (Å²) < 4.78 is 2.26. The van der Waals surface area contributed by atoms with Gasteiger partial charge in [-0.2, -0.15) is 0 Å². The van der Waals surface area contributed by atoms with Crippen LogP contribution in [0.1, 0.15) is 19.3 Å². The van der Waals surface area contributed by atoms with Crippen LogP contribution < -0.4 is 5.32 Å². The van der Waals surface area contributed by atoms with E-state index in [-0.39, 0.29) is 0 Å². The molecule has 0 radical (unpaired) electrons. The fourth-order valence-corrected chi connectivity index (χ4v) is 2.10. The minimum absolute atomic E-state index is 0.686. The molecule has 0 heterocycles. The Kier molecular flexibility index (Phi) is 2.94. The summed E-state index contributed by atoms with van der Waals surface area (Å²) >= 11 is 6.99. The predicted octanol–water partition coefficient (Wildman–Crippen LogP) is 4.18. The van der Waals surface area contributed by atoms with Crippen molar-refractivity contribution in [2.75, 3.05) is 5.32 Å². The molecule has 0 bridgehead atoms. The summed E-state index contributed by atoms with van der Waals surface area (Å²) in [5.41, 5.74) is 1.19. The number of halogens is 2. The Morgan fingerprint density at radius 1 is 1.23 bits per heavy atom. The van der Waals surface area contributed by atoms with E-state index in [1.54, 1.807) is 0 Å². The summed E-state index contributed by atoms with van der Waals surface area (Å²) in [5, 5.41) is 3.51. The number of hydrogen-bond acceptors (Lipinski definition) is 1. The van der Waals surface area contributed by atoms with Crippen molar-refractivity contribution in [1.82, 2.24) is 0 Å². The SMILES string of the molecule is Brc1ccc(Br)c(NC2CCC2)c1. The van der Waals surface area contributed by atoms with Gasteiger partial charge < -0.3 is 5.32 Å². The van der Waals surface area contributed by atoms with Crippen molar-refractivity contribution in [3.05, 3.63) is 27.1 Å². The van der Waals surface area contributed by atoms with Gasteiger partial charge in [0.15, 0.2) is 0 Å². The van der Waals surface area contributed by atoms with E-state index in [0.29, 0.717) is 6.04 Å². The van der Waals surface area contributed by atoms with Crippen LogP contribution in [0.15, 0.2) is 27.1 Å². The highest BCUT2D eigenvalue weighted by atomic mass is 79.9. The maximum atomic E-state index is 3.53. The van der Waals surface area contributed by atoms with Gasteiger partial charge in [-0.3, -0.25) is 0 Å². The van der Waals surface area contributed by atoms with E-state index in [4.69, 9.17) is 0 Å². The normalized spacial score (nSPS) is 16.8. The van der Waals surface area contributed by atoms with Gasteiger partial charge in [0.25, 0.3) is 0 Å². The van der Waals surface area contributed by atoms with E-state index in [1.165, 1.54) is 24.9 Å². The van der Waals surface area contributed by atoms with Crippen molar-refractivity contribution in [1.29, 1.82) is 0 Å². The second-order valence-electron chi connectivity index (χ2n) is 3.40. The van der Waals surface area contributed by atoms with Crippen LogP contribution in [-0.4, -0.2) is 6.04 Å². The van der Waals surface area contributed by atoms with Crippen LogP contribution in [0.3, 0.4) is 0 Å². The van der Waals surface area contributed by atoms with Crippen LogP contribution in [0.25, 0.3) is 0 Å². The molecular weight excluding hydrogens is 294 g/mol. The summed E-state index contributed by atoms with van der Waals surface area (Å²) in [6, 6.07) is 6.90. The average molecular weight is 305 g/mol. The lowest BCUT2D eigenvalue weighted by Crippen LogP contribution is -2.27. The van der Waals surface area contributed by atoms with E-state index in [1.807, 2.05) is 6.07 Å². The third kappa shape index (κ3) is 2.26. The molecule has 1 aromatic carbocycles. The first-order valence-electron chi connectivity index (χ1n) is 4.47. The van der Waals surface area contributed by atoms with Gasteiger partial charge in [0.05, 0.1) is 0 Å². The number of benzene rings is 1. The van der Waals surface area contributed by atoms with Gasteiger partial charge in [0.1, 0.15) is 0 Å². The number of anilines is 1. The third-order valence-corrected chi connectivity index (χ3v) is 3.58. The second kappa shape index (κ2) is 4.01. The molecule has 1 aliphatic rings. The van der Waals surface area contributed by atoms with Gasteiger partial charge in [0, 0.05) is 20.7 Å². The molecule has 2 rings (SSSR count). The van der Waals surface area contributed by atoms with Gasteiger partial charge in [-0.25, -0.2) is 0 Å². The fourth-order valence-electron chi connectivity index (χ4n) is 1.38. The van der Waals surface area contributed by atoms with Crippen molar-refractivity contribution in [2.45, 2.75) is 25.3 Å². The van der Waals surface area contributed by atoms with Crippen molar-refractivity contribution in [2.24, 2.45) is 0 Å². The Bertz CT molecular complexity index is 308. The molecule has 13 heavy (non-hydrogen) atoms. The number of hydrogen-bond donors (Lipinski definition) is 1. The maximum absolute atomic E-state index is 3.53. The van der Waals surface area contributed by atoms with Gasteiger partial charge in [-0.15, -0.1) is 0 Å². The largest absolute Gasteiger partial charge is 0.381 e. The Hall–Kier alpha value is -0.0200. The topological polar surface area (TPSA) is 12.0 Å². The Morgan fingerprint density at radius 2 is 2.00 bits per heavy atom. The van der Waals surface area contributed by atoms with Crippen molar-refractivity contribution < 1.29 is 0 Å². The molecule has 0 unspecified atom stereocenters. The van der Waals surface area contributed by atoms with Crippen molar-refractivity contribution in [3.8, 4) is 0 Å². The Morgan fingerprint density at radius 3 is 2.62 bits per heavy atom. The summed E-state index contributed by atoms with van der Waals surface area (Å²) in [6.45, 7) is 0. The summed E-state index contributed by atoms with van der Waals surface area (Å²) in [4.78, 5) is 0. The molecule has 0 spiro atoms.